The van der Waals surface area contributed by atoms with E-state index < -0.39 is 0 Å². The molecular weight excluding hydrogens is 134 g/mol. The zero-order valence-electron chi connectivity index (χ0n) is 7.53. The summed E-state index contributed by atoms with van der Waals surface area (Å²) in [5.41, 5.74) is 0.782. The van der Waals surface area contributed by atoms with Crippen LogP contribution in [0, 0.1) is 11.3 Å². The van der Waals surface area contributed by atoms with Gasteiger partial charge in [-0.15, -0.1) is 0 Å². The largest absolute Gasteiger partial charge is 0.317 e. The maximum Gasteiger partial charge on any atom is -0.00436 e. The average molecular weight is 153 g/mol. The molecule has 1 N–H and O–H groups in total. The Kier molecular flexibility index (Phi) is 1.92. The monoisotopic (exact) mass is 153 g/mol. The second kappa shape index (κ2) is 2.78. The molecule has 2 aliphatic rings. The standard InChI is InChI=1S/C10H19N/c1-9-2-3-10(8-9)4-6-11-7-5-10/h9,11H,2-8H2,1H3. The van der Waals surface area contributed by atoms with Crippen LogP contribution in [0.25, 0.3) is 0 Å². The molecule has 2 rings (SSSR count). The van der Waals surface area contributed by atoms with E-state index in [-0.39, 0.29) is 0 Å². The summed E-state index contributed by atoms with van der Waals surface area (Å²) in [4.78, 5) is 0. The molecule has 0 aromatic carbocycles. The number of hydrogen-bond acceptors (Lipinski definition) is 1. The second-order valence-electron chi connectivity index (χ2n) is 4.60. The van der Waals surface area contributed by atoms with E-state index in [1.807, 2.05) is 0 Å². The Bertz CT molecular complexity index is 130. The van der Waals surface area contributed by atoms with Crippen molar-refractivity contribution < 1.29 is 0 Å². The van der Waals surface area contributed by atoms with Crippen molar-refractivity contribution >= 4 is 0 Å². The summed E-state index contributed by atoms with van der Waals surface area (Å²) in [6.45, 7) is 4.95. The van der Waals surface area contributed by atoms with Gasteiger partial charge >= 0.3 is 0 Å². The van der Waals surface area contributed by atoms with E-state index in [1.54, 1.807) is 0 Å². The van der Waals surface area contributed by atoms with Gasteiger partial charge in [0.15, 0.2) is 0 Å². The highest BCUT2D eigenvalue weighted by Crippen LogP contribution is 2.47. The van der Waals surface area contributed by atoms with Gasteiger partial charge in [-0.1, -0.05) is 13.3 Å². The van der Waals surface area contributed by atoms with Gasteiger partial charge in [0.05, 0.1) is 0 Å². The van der Waals surface area contributed by atoms with E-state index in [2.05, 4.69) is 12.2 Å². The highest BCUT2D eigenvalue weighted by atomic mass is 14.9. The van der Waals surface area contributed by atoms with Crippen molar-refractivity contribution in [3.05, 3.63) is 0 Å². The van der Waals surface area contributed by atoms with E-state index in [9.17, 15) is 0 Å². The number of piperidine rings is 1. The molecule has 1 heteroatoms. The first kappa shape index (κ1) is 7.60. The molecule has 1 saturated carbocycles. The molecule has 64 valence electrons. The first-order valence-corrected chi connectivity index (χ1v) is 5.02. The highest BCUT2D eigenvalue weighted by Gasteiger charge is 2.37. The quantitative estimate of drug-likeness (QED) is 0.562. The molecule has 1 aliphatic heterocycles. The molecule has 1 aliphatic carbocycles. The summed E-state index contributed by atoms with van der Waals surface area (Å²) in [5.74, 6) is 1.01. The smallest absolute Gasteiger partial charge is 0.00436 e. The van der Waals surface area contributed by atoms with Crippen molar-refractivity contribution in [3.8, 4) is 0 Å². The van der Waals surface area contributed by atoms with Gasteiger partial charge in [-0.05, 0) is 50.1 Å². The van der Waals surface area contributed by atoms with Crippen molar-refractivity contribution in [1.29, 1.82) is 0 Å². The van der Waals surface area contributed by atoms with Crippen molar-refractivity contribution in [3.63, 3.8) is 0 Å². The van der Waals surface area contributed by atoms with Crippen LogP contribution in [-0.2, 0) is 0 Å². The van der Waals surface area contributed by atoms with Crippen molar-refractivity contribution in [2.24, 2.45) is 11.3 Å². The molecule has 1 unspecified atom stereocenters. The fourth-order valence-corrected chi connectivity index (χ4v) is 2.91. The zero-order chi connectivity index (χ0) is 7.73. The van der Waals surface area contributed by atoms with Gasteiger partial charge in [-0.3, -0.25) is 0 Å². The fraction of sp³-hybridized carbons (Fsp3) is 1.00. The Morgan fingerprint density at radius 2 is 1.91 bits per heavy atom. The van der Waals surface area contributed by atoms with Crippen molar-refractivity contribution in [1.82, 2.24) is 5.32 Å². The van der Waals surface area contributed by atoms with E-state index >= 15 is 0 Å². The lowest BCUT2D eigenvalue weighted by atomic mass is 9.77. The normalized spacial score (nSPS) is 36.3. The van der Waals surface area contributed by atoms with Crippen LogP contribution in [0.4, 0.5) is 0 Å². The van der Waals surface area contributed by atoms with Crippen LogP contribution >= 0.6 is 0 Å². The third-order valence-electron chi connectivity index (χ3n) is 3.61. The molecular formula is C10H19N. The molecule has 0 radical (unpaired) electrons. The summed E-state index contributed by atoms with van der Waals surface area (Å²) >= 11 is 0. The predicted molar refractivity (Wildman–Crippen MR) is 47.6 cm³/mol. The maximum absolute atomic E-state index is 3.45. The van der Waals surface area contributed by atoms with E-state index in [1.165, 1.54) is 45.2 Å². The van der Waals surface area contributed by atoms with Crippen LogP contribution in [0.3, 0.4) is 0 Å². The average Bonchev–Trinajstić information content (AvgIpc) is 2.34. The number of nitrogens with one attached hydrogen (secondary N) is 1. The zero-order valence-corrected chi connectivity index (χ0v) is 7.53. The van der Waals surface area contributed by atoms with Crippen LogP contribution in [0.15, 0.2) is 0 Å². The minimum absolute atomic E-state index is 0.782. The first-order chi connectivity index (χ1) is 5.31. The van der Waals surface area contributed by atoms with Crippen LogP contribution < -0.4 is 5.32 Å². The lowest BCUT2D eigenvalue weighted by Gasteiger charge is -2.33. The van der Waals surface area contributed by atoms with Gasteiger partial charge < -0.3 is 5.32 Å². The lowest BCUT2D eigenvalue weighted by Crippen LogP contribution is -2.34. The molecule has 0 aromatic heterocycles. The van der Waals surface area contributed by atoms with Gasteiger partial charge in [0, 0.05) is 0 Å². The summed E-state index contributed by atoms with van der Waals surface area (Å²) in [6, 6.07) is 0. The Labute approximate surface area is 69.6 Å². The summed E-state index contributed by atoms with van der Waals surface area (Å²) in [5, 5.41) is 3.45. The Balaban J connectivity index is 1.98. The Hall–Kier alpha value is -0.0400. The maximum atomic E-state index is 3.45. The first-order valence-electron chi connectivity index (χ1n) is 5.02. The molecule has 0 aromatic rings. The molecule has 1 spiro atoms. The SMILES string of the molecule is CC1CCC2(CCNCC2)C1. The van der Waals surface area contributed by atoms with E-state index in [0.717, 1.165) is 11.3 Å². The molecule has 2 fully saturated rings. The van der Waals surface area contributed by atoms with Crippen LogP contribution in [-0.4, -0.2) is 13.1 Å². The topological polar surface area (TPSA) is 12.0 Å². The second-order valence-corrected chi connectivity index (χ2v) is 4.60. The molecule has 11 heavy (non-hydrogen) atoms. The van der Waals surface area contributed by atoms with Gasteiger partial charge in [-0.2, -0.15) is 0 Å². The Morgan fingerprint density at radius 3 is 2.45 bits per heavy atom. The van der Waals surface area contributed by atoms with Crippen LogP contribution in [0.1, 0.15) is 39.0 Å². The number of rotatable bonds is 0. The molecule has 1 atom stereocenters. The van der Waals surface area contributed by atoms with Gasteiger partial charge in [0.25, 0.3) is 0 Å². The third-order valence-corrected chi connectivity index (χ3v) is 3.61. The minimum Gasteiger partial charge on any atom is -0.317 e. The molecule has 1 nitrogen and oxygen atoms in total. The summed E-state index contributed by atoms with van der Waals surface area (Å²) < 4.78 is 0. The summed E-state index contributed by atoms with van der Waals surface area (Å²) in [6.07, 6.45) is 7.39. The van der Waals surface area contributed by atoms with Gasteiger partial charge in [0.2, 0.25) is 0 Å². The predicted octanol–water partition coefficient (Wildman–Crippen LogP) is 2.18. The lowest BCUT2D eigenvalue weighted by molar-refractivity contribution is 0.203. The summed E-state index contributed by atoms with van der Waals surface area (Å²) in [7, 11) is 0. The van der Waals surface area contributed by atoms with E-state index in [4.69, 9.17) is 0 Å². The molecule has 1 saturated heterocycles. The third kappa shape index (κ3) is 1.44. The highest BCUT2D eigenvalue weighted by molar-refractivity contribution is 4.90. The minimum atomic E-state index is 0.782. The van der Waals surface area contributed by atoms with Gasteiger partial charge in [-0.25, -0.2) is 0 Å². The van der Waals surface area contributed by atoms with Crippen LogP contribution in [0.5, 0.6) is 0 Å². The molecule has 1 heterocycles. The fourth-order valence-electron chi connectivity index (χ4n) is 2.91. The number of hydrogen-bond donors (Lipinski definition) is 1. The van der Waals surface area contributed by atoms with Crippen molar-refractivity contribution in [2.45, 2.75) is 39.0 Å². The Morgan fingerprint density at radius 1 is 1.18 bits per heavy atom. The van der Waals surface area contributed by atoms with E-state index in [0.29, 0.717) is 0 Å². The molecule has 0 bridgehead atoms. The van der Waals surface area contributed by atoms with Crippen molar-refractivity contribution in [2.75, 3.05) is 13.1 Å². The van der Waals surface area contributed by atoms with Gasteiger partial charge in [0.1, 0.15) is 0 Å². The van der Waals surface area contributed by atoms with Crippen LogP contribution in [0.2, 0.25) is 0 Å². The molecule has 0 amide bonds.